The van der Waals surface area contributed by atoms with Gasteiger partial charge < -0.3 is 9.47 Å². The van der Waals surface area contributed by atoms with Gasteiger partial charge in [0.05, 0.1) is 0 Å². The Morgan fingerprint density at radius 2 is 1.81 bits per heavy atom. The number of rotatable bonds is 2. The molecule has 27 heavy (non-hydrogen) atoms. The standard InChI is InChI=1S/C23H32O4/c1-14(24)26-17-9-11-22(3)16(13-17)5-6-18-19-7-8-21(27-15(2)25)23(19,4)12-10-20(18)22/h5,13,18-21H,6-12H2,1-4H3/t18-,19-,20-,21+,22-,23+/m1/s1. The molecule has 4 aliphatic carbocycles. The van der Waals surface area contributed by atoms with E-state index in [0.29, 0.717) is 17.8 Å². The third kappa shape index (κ3) is 2.96. The predicted molar refractivity (Wildman–Crippen MR) is 102 cm³/mol. The quantitative estimate of drug-likeness (QED) is 0.644. The van der Waals surface area contributed by atoms with Gasteiger partial charge in [-0.15, -0.1) is 0 Å². The largest absolute Gasteiger partial charge is 0.462 e. The van der Waals surface area contributed by atoms with Crippen molar-refractivity contribution in [1.29, 1.82) is 0 Å². The van der Waals surface area contributed by atoms with Crippen LogP contribution >= 0.6 is 0 Å². The summed E-state index contributed by atoms with van der Waals surface area (Å²) in [6.07, 6.45) is 12.1. The molecule has 0 radical (unpaired) electrons. The smallest absolute Gasteiger partial charge is 0.307 e. The van der Waals surface area contributed by atoms with E-state index in [1.165, 1.54) is 32.3 Å². The summed E-state index contributed by atoms with van der Waals surface area (Å²) in [7, 11) is 0. The van der Waals surface area contributed by atoms with Crippen molar-refractivity contribution in [3.63, 3.8) is 0 Å². The Morgan fingerprint density at radius 1 is 1.04 bits per heavy atom. The van der Waals surface area contributed by atoms with Crippen molar-refractivity contribution >= 4 is 11.9 Å². The molecule has 6 atom stereocenters. The van der Waals surface area contributed by atoms with Gasteiger partial charge in [0, 0.05) is 25.7 Å². The SMILES string of the molecule is CC(=O)OC1=CC2=CC[C@@H]3[C@H]4CC[C@H](OC(C)=O)[C@@]4(C)CC[C@H]3[C@]2(C)CC1. The number of esters is 2. The van der Waals surface area contributed by atoms with Crippen LogP contribution in [0.15, 0.2) is 23.5 Å². The Kier molecular flexibility index (Phi) is 4.51. The average molecular weight is 373 g/mol. The maximum atomic E-state index is 11.6. The lowest BCUT2D eigenvalue weighted by Crippen LogP contribution is -2.50. The second kappa shape index (κ2) is 6.49. The molecular formula is C23H32O4. The van der Waals surface area contributed by atoms with Gasteiger partial charge >= 0.3 is 11.9 Å². The summed E-state index contributed by atoms with van der Waals surface area (Å²) in [5.74, 6) is 2.42. The number of carbonyl (C=O) groups is 2. The first-order chi connectivity index (χ1) is 12.7. The normalized spacial score (nSPS) is 42.8. The van der Waals surface area contributed by atoms with E-state index in [4.69, 9.17) is 9.47 Å². The van der Waals surface area contributed by atoms with Gasteiger partial charge in [-0.3, -0.25) is 9.59 Å². The molecule has 2 saturated carbocycles. The van der Waals surface area contributed by atoms with Crippen LogP contribution in [0.25, 0.3) is 0 Å². The number of hydrogen-bond acceptors (Lipinski definition) is 4. The molecule has 0 aromatic rings. The molecule has 0 unspecified atom stereocenters. The van der Waals surface area contributed by atoms with Crippen LogP contribution in [0, 0.1) is 28.6 Å². The van der Waals surface area contributed by atoms with Crippen molar-refractivity contribution in [3.8, 4) is 0 Å². The number of fused-ring (bicyclic) bond motifs is 5. The van der Waals surface area contributed by atoms with E-state index in [1.54, 1.807) is 0 Å². The zero-order valence-corrected chi connectivity index (χ0v) is 17.0. The van der Waals surface area contributed by atoms with Crippen LogP contribution in [-0.2, 0) is 19.1 Å². The van der Waals surface area contributed by atoms with E-state index in [1.807, 2.05) is 0 Å². The molecule has 4 aliphatic rings. The highest BCUT2D eigenvalue weighted by Gasteiger charge is 2.59. The topological polar surface area (TPSA) is 52.6 Å². The first kappa shape index (κ1) is 18.8. The maximum Gasteiger partial charge on any atom is 0.307 e. The molecule has 0 amide bonds. The summed E-state index contributed by atoms with van der Waals surface area (Å²) in [6.45, 7) is 7.78. The van der Waals surface area contributed by atoms with Crippen molar-refractivity contribution in [3.05, 3.63) is 23.5 Å². The first-order valence-corrected chi connectivity index (χ1v) is 10.5. The fourth-order valence-electron chi connectivity index (χ4n) is 6.91. The van der Waals surface area contributed by atoms with E-state index in [9.17, 15) is 9.59 Å². The molecule has 0 aromatic carbocycles. The van der Waals surface area contributed by atoms with Crippen LogP contribution in [0.3, 0.4) is 0 Å². The zero-order chi connectivity index (χ0) is 19.4. The van der Waals surface area contributed by atoms with Crippen molar-refractivity contribution in [2.45, 2.75) is 78.7 Å². The monoisotopic (exact) mass is 372 g/mol. The fourth-order valence-corrected chi connectivity index (χ4v) is 6.91. The van der Waals surface area contributed by atoms with E-state index in [-0.39, 0.29) is 28.9 Å². The van der Waals surface area contributed by atoms with Gasteiger partial charge in [0.25, 0.3) is 0 Å². The minimum absolute atomic E-state index is 0.0842. The lowest BCUT2D eigenvalue weighted by Gasteiger charge is -2.56. The Bertz CT molecular complexity index is 720. The van der Waals surface area contributed by atoms with Gasteiger partial charge in [0.15, 0.2) is 0 Å². The second-order valence-electron chi connectivity index (χ2n) is 9.61. The first-order valence-electron chi connectivity index (χ1n) is 10.5. The molecule has 0 aromatic heterocycles. The van der Waals surface area contributed by atoms with Crippen molar-refractivity contribution < 1.29 is 19.1 Å². The third-order valence-electron chi connectivity index (χ3n) is 8.23. The molecule has 4 heteroatoms. The highest BCUT2D eigenvalue weighted by Crippen LogP contribution is 2.64. The zero-order valence-electron chi connectivity index (χ0n) is 17.0. The summed E-state index contributed by atoms with van der Waals surface area (Å²) >= 11 is 0. The highest BCUT2D eigenvalue weighted by molar-refractivity contribution is 5.67. The van der Waals surface area contributed by atoms with Gasteiger partial charge in [-0.2, -0.15) is 0 Å². The second-order valence-corrected chi connectivity index (χ2v) is 9.61. The molecule has 4 nitrogen and oxygen atoms in total. The molecule has 0 spiro atoms. The maximum absolute atomic E-state index is 11.6. The Balaban J connectivity index is 1.60. The summed E-state index contributed by atoms with van der Waals surface area (Å²) in [4.78, 5) is 22.9. The lowest BCUT2D eigenvalue weighted by atomic mass is 9.48. The minimum atomic E-state index is -0.227. The van der Waals surface area contributed by atoms with Crippen LogP contribution in [0.4, 0.5) is 0 Å². The van der Waals surface area contributed by atoms with Crippen molar-refractivity contribution in [2.75, 3.05) is 0 Å². The van der Waals surface area contributed by atoms with Crippen molar-refractivity contribution in [2.24, 2.45) is 28.6 Å². The molecule has 0 bridgehead atoms. The molecular weight excluding hydrogens is 340 g/mol. The Hall–Kier alpha value is -1.58. The van der Waals surface area contributed by atoms with Gasteiger partial charge in [0.1, 0.15) is 11.9 Å². The molecule has 0 N–H and O–H groups in total. The highest BCUT2D eigenvalue weighted by atomic mass is 16.5. The van der Waals surface area contributed by atoms with Gasteiger partial charge in [-0.1, -0.05) is 19.9 Å². The number of carbonyl (C=O) groups excluding carboxylic acids is 2. The summed E-state index contributed by atoms with van der Waals surface area (Å²) in [5.41, 5.74) is 1.67. The van der Waals surface area contributed by atoms with E-state index in [0.717, 1.165) is 37.9 Å². The molecule has 0 heterocycles. The molecule has 2 fully saturated rings. The molecule has 0 aliphatic heterocycles. The van der Waals surface area contributed by atoms with Crippen LogP contribution < -0.4 is 0 Å². The van der Waals surface area contributed by atoms with Crippen molar-refractivity contribution in [1.82, 2.24) is 0 Å². The van der Waals surface area contributed by atoms with E-state index >= 15 is 0 Å². The lowest BCUT2D eigenvalue weighted by molar-refractivity contribution is -0.156. The Labute approximate surface area is 162 Å². The molecule has 0 saturated heterocycles. The van der Waals surface area contributed by atoms with Crippen LogP contribution in [0.1, 0.15) is 72.6 Å². The summed E-state index contributed by atoms with van der Waals surface area (Å²) in [6, 6.07) is 0. The average Bonchev–Trinajstić information content (AvgIpc) is 2.91. The Morgan fingerprint density at radius 3 is 2.52 bits per heavy atom. The van der Waals surface area contributed by atoms with Crippen LogP contribution in [0.5, 0.6) is 0 Å². The van der Waals surface area contributed by atoms with E-state index in [2.05, 4.69) is 26.0 Å². The van der Waals surface area contributed by atoms with Gasteiger partial charge in [-0.05, 0) is 73.3 Å². The molecule has 4 rings (SSSR count). The number of allylic oxidation sites excluding steroid dienone is 4. The number of ether oxygens (including phenoxy) is 2. The van der Waals surface area contributed by atoms with Gasteiger partial charge in [0.2, 0.25) is 0 Å². The molecule has 148 valence electrons. The third-order valence-corrected chi connectivity index (χ3v) is 8.23. The van der Waals surface area contributed by atoms with Gasteiger partial charge in [-0.25, -0.2) is 0 Å². The summed E-state index contributed by atoms with van der Waals surface area (Å²) < 4.78 is 11.1. The number of hydrogen-bond donors (Lipinski definition) is 0. The van der Waals surface area contributed by atoms with Crippen LogP contribution in [0.2, 0.25) is 0 Å². The van der Waals surface area contributed by atoms with Crippen LogP contribution in [-0.4, -0.2) is 18.0 Å². The van der Waals surface area contributed by atoms with E-state index < -0.39 is 0 Å². The summed E-state index contributed by atoms with van der Waals surface area (Å²) in [5, 5.41) is 0. The minimum Gasteiger partial charge on any atom is -0.462 e. The fraction of sp³-hybridized carbons (Fsp3) is 0.739. The predicted octanol–water partition coefficient (Wildman–Crippen LogP) is 4.94.